The Morgan fingerprint density at radius 1 is 1.26 bits per heavy atom. The van der Waals surface area contributed by atoms with Crippen LogP contribution in [0.1, 0.15) is 32.6 Å². The number of carboxylic acid groups (broad SMARTS) is 1. The highest BCUT2D eigenvalue weighted by atomic mass is 31.2. The van der Waals surface area contributed by atoms with Gasteiger partial charge in [0.2, 0.25) is 0 Å². The summed E-state index contributed by atoms with van der Waals surface area (Å²) in [5.74, 6) is -1.52. The molecule has 1 aromatic carbocycles. The van der Waals surface area contributed by atoms with Crippen LogP contribution in [0.25, 0.3) is 5.65 Å². The SMILES string of the molecule is CC(NP(=O)(COC[C@H]1OC(c2cnc3c(N)ncnn23)[C@@H]2OC(C)(C)O[C@H]12)Oc1ccccc1)C(=O)O. The zero-order valence-corrected chi connectivity index (χ0v) is 21.9. The number of para-hydroxylation sites is 1. The van der Waals surface area contributed by atoms with E-state index in [-0.39, 0.29) is 12.4 Å². The van der Waals surface area contributed by atoms with Crippen LogP contribution in [0, 0.1) is 0 Å². The fourth-order valence-electron chi connectivity index (χ4n) is 4.48. The van der Waals surface area contributed by atoms with Crippen LogP contribution in [-0.2, 0) is 28.3 Å². The van der Waals surface area contributed by atoms with Crippen LogP contribution in [0.3, 0.4) is 0 Å². The smallest absolute Gasteiger partial charge is 0.342 e. The number of benzene rings is 1. The van der Waals surface area contributed by atoms with E-state index in [1.165, 1.54) is 13.3 Å². The Labute approximate surface area is 217 Å². The molecule has 0 spiro atoms. The summed E-state index contributed by atoms with van der Waals surface area (Å²) >= 11 is 0. The topological polar surface area (TPSA) is 182 Å². The fourth-order valence-corrected chi connectivity index (χ4v) is 6.17. The first-order valence-corrected chi connectivity index (χ1v) is 13.7. The number of fused-ring (bicyclic) bond motifs is 2. The minimum atomic E-state index is -3.79. The number of rotatable bonds is 10. The van der Waals surface area contributed by atoms with E-state index >= 15 is 0 Å². The van der Waals surface area contributed by atoms with E-state index in [4.69, 9.17) is 29.2 Å². The molecule has 4 heterocycles. The highest BCUT2D eigenvalue weighted by Crippen LogP contribution is 2.47. The third kappa shape index (κ3) is 5.37. The number of anilines is 1. The molecule has 6 atom stereocenters. The van der Waals surface area contributed by atoms with Gasteiger partial charge in [-0.05, 0) is 32.9 Å². The zero-order valence-electron chi connectivity index (χ0n) is 21.0. The molecule has 0 radical (unpaired) electrons. The van der Waals surface area contributed by atoms with Crippen LogP contribution in [-0.4, -0.2) is 73.8 Å². The van der Waals surface area contributed by atoms with Crippen molar-refractivity contribution in [1.82, 2.24) is 24.7 Å². The minimum absolute atomic E-state index is 0.0315. The lowest BCUT2D eigenvalue weighted by Crippen LogP contribution is -2.35. The Morgan fingerprint density at radius 2 is 2.00 bits per heavy atom. The number of carbonyl (C=O) groups is 1. The summed E-state index contributed by atoms with van der Waals surface area (Å²) in [7, 11) is -3.79. The lowest BCUT2D eigenvalue weighted by molar-refractivity contribution is -0.192. The average molecular weight is 548 g/mol. The molecule has 4 N–H and O–H groups in total. The molecular formula is C23H29N6O8P. The van der Waals surface area contributed by atoms with E-state index in [1.807, 2.05) is 0 Å². The summed E-state index contributed by atoms with van der Waals surface area (Å²) < 4.78 is 45.1. The number of ether oxygens (including phenoxy) is 4. The van der Waals surface area contributed by atoms with Crippen molar-refractivity contribution in [2.24, 2.45) is 0 Å². The van der Waals surface area contributed by atoms with Crippen LogP contribution in [0.4, 0.5) is 5.82 Å². The molecule has 2 fully saturated rings. The molecule has 2 aromatic heterocycles. The lowest BCUT2D eigenvalue weighted by atomic mass is 10.1. The van der Waals surface area contributed by atoms with Gasteiger partial charge in [-0.1, -0.05) is 18.2 Å². The molecule has 0 amide bonds. The van der Waals surface area contributed by atoms with Crippen molar-refractivity contribution in [3.63, 3.8) is 0 Å². The fraction of sp³-hybridized carbons (Fsp3) is 0.478. The Morgan fingerprint density at radius 3 is 2.74 bits per heavy atom. The van der Waals surface area contributed by atoms with E-state index in [2.05, 4.69) is 20.2 Å². The molecular weight excluding hydrogens is 519 g/mol. The van der Waals surface area contributed by atoms with Crippen molar-refractivity contribution in [2.45, 2.75) is 57.0 Å². The number of carboxylic acids is 1. The first kappa shape index (κ1) is 26.5. The van der Waals surface area contributed by atoms with Gasteiger partial charge in [0, 0.05) is 0 Å². The van der Waals surface area contributed by atoms with E-state index in [0.29, 0.717) is 17.1 Å². The molecule has 0 saturated carbocycles. The Bertz CT molecular complexity index is 1350. The molecule has 3 aromatic rings. The van der Waals surface area contributed by atoms with Gasteiger partial charge in [0.15, 0.2) is 17.3 Å². The molecule has 2 aliphatic rings. The Hall–Kier alpha value is -3.13. The second-order valence-electron chi connectivity index (χ2n) is 9.49. The maximum absolute atomic E-state index is 13.6. The molecule has 0 aliphatic carbocycles. The summed E-state index contributed by atoms with van der Waals surface area (Å²) in [5, 5.41) is 16.1. The van der Waals surface area contributed by atoms with Gasteiger partial charge < -0.3 is 34.3 Å². The van der Waals surface area contributed by atoms with Crippen LogP contribution in [0.2, 0.25) is 0 Å². The number of nitrogens with one attached hydrogen (secondary N) is 1. The van der Waals surface area contributed by atoms with Gasteiger partial charge in [-0.25, -0.2) is 19.6 Å². The number of nitrogens with zero attached hydrogens (tertiary/aromatic N) is 4. The second kappa shape index (κ2) is 10.2. The van der Waals surface area contributed by atoms with Gasteiger partial charge in [0.05, 0.1) is 18.5 Å². The Kier molecular flexibility index (Phi) is 7.11. The number of nitrogens with two attached hydrogens (primary N) is 1. The third-order valence-electron chi connectivity index (χ3n) is 6.10. The number of hydrogen-bond acceptors (Lipinski definition) is 11. The number of aromatic nitrogens is 4. The molecule has 3 unspecified atom stereocenters. The van der Waals surface area contributed by atoms with E-state index in [1.54, 1.807) is 54.9 Å². The van der Waals surface area contributed by atoms with Gasteiger partial charge >= 0.3 is 13.5 Å². The Balaban J connectivity index is 1.32. The van der Waals surface area contributed by atoms with E-state index in [0.717, 1.165) is 0 Å². The first-order valence-electron chi connectivity index (χ1n) is 11.9. The van der Waals surface area contributed by atoms with Crippen molar-refractivity contribution in [2.75, 3.05) is 18.7 Å². The maximum atomic E-state index is 13.6. The number of nitrogen functional groups attached to an aromatic ring is 1. The molecule has 2 aliphatic heterocycles. The molecule has 5 rings (SSSR count). The van der Waals surface area contributed by atoms with Gasteiger partial charge in [-0.15, -0.1) is 0 Å². The van der Waals surface area contributed by atoms with Crippen LogP contribution >= 0.6 is 7.52 Å². The summed E-state index contributed by atoms with van der Waals surface area (Å²) in [5.41, 5.74) is 6.91. The molecule has 2 saturated heterocycles. The van der Waals surface area contributed by atoms with E-state index in [9.17, 15) is 14.5 Å². The lowest BCUT2D eigenvalue weighted by Gasteiger charge is -2.25. The second-order valence-corrected chi connectivity index (χ2v) is 11.5. The monoisotopic (exact) mass is 548 g/mol. The minimum Gasteiger partial charge on any atom is -0.480 e. The van der Waals surface area contributed by atoms with Gasteiger partial charge in [-0.3, -0.25) is 9.36 Å². The first-order chi connectivity index (χ1) is 18.1. The number of imidazole rings is 1. The summed E-state index contributed by atoms with van der Waals surface area (Å²) in [4.78, 5) is 19.7. The standard InChI is InChI=1S/C23H29N6O8P/c1-13(22(30)31)28-38(32,37-14-7-5-4-6-8-14)12-33-10-16-18-19(36-23(2,3)35-18)17(34-16)15-9-25-21-20(24)26-11-27-29(15)21/h4-9,11,13,16-19H,10,12H2,1-3H3,(H,28,32)(H,30,31)(H2,24,26,27)/t13?,16-,17?,18-,19+,38?/m1/s1. The van der Waals surface area contributed by atoms with Crippen molar-refractivity contribution in [1.29, 1.82) is 0 Å². The predicted octanol–water partition coefficient (Wildman–Crippen LogP) is 1.98. The zero-order chi connectivity index (χ0) is 27.1. The predicted molar refractivity (Wildman–Crippen MR) is 132 cm³/mol. The highest BCUT2D eigenvalue weighted by molar-refractivity contribution is 7.57. The summed E-state index contributed by atoms with van der Waals surface area (Å²) in [6.07, 6.45) is 0.263. The third-order valence-corrected chi connectivity index (χ3v) is 7.91. The molecule has 204 valence electrons. The molecule has 38 heavy (non-hydrogen) atoms. The molecule has 15 heteroatoms. The van der Waals surface area contributed by atoms with Crippen LogP contribution in [0.15, 0.2) is 42.9 Å². The van der Waals surface area contributed by atoms with Gasteiger partial charge in [-0.2, -0.15) is 5.10 Å². The van der Waals surface area contributed by atoms with Crippen molar-refractivity contribution in [3.05, 3.63) is 48.5 Å². The highest BCUT2D eigenvalue weighted by Gasteiger charge is 2.56. The quantitative estimate of drug-likeness (QED) is 0.313. The molecule has 14 nitrogen and oxygen atoms in total. The number of hydrogen-bond donors (Lipinski definition) is 3. The van der Waals surface area contributed by atoms with Gasteiger partial charge in [0.1, 0.15) is 48.9 Å². The van der Waals surface area contributed by atoms with Crippen LogP contribution in [0.5, 0.6) is 5.75 Å². The van der Waals surface area contributed by atoms with Crippen molar-refractivity contribution < 1.29 is 37.9 Å². The number of aliphatic carboxylic acids is 1. The average Bonchev–Trinajstić information content (AvgIpc) is 3.51. The normalized spacial score (nSPS) is 26.6. The molecule has 0 bridgehead atoms. The summed E-state index contributed by atoms with van der Waals surface area (Å²) in [6.45, 7) is 4.94. The van der Waals surface area contributed by atoms with E-state index < -0.39 is 56.1 Å². The maximum Gasteiger partial charge on any atom is 0.342 e. The van der Waals surface area contributed by atoms with Crippen molar-refractivity contribution >= 4 is 25.0 Å². The largest absolute Gasteiger partial charge is 0.480 e. The van der Waals surface area contributed by atoms with Crippen LogP contribution < -0.4 is 15.3 Å². The summed E-state index contributed by atoms with van der Waals surface area (Å²) in [6, 6.07) is 7.31. The van der Waals surface area contributed by atoms with Crippen molar-refractivity contribution in [3.8, 4) is 5.75 Å². The van der Waals surface area contributed by atoms with Gasteiger partial charge in [0.25, 0.3) is 0 Å².